The number of nitrogens with zero attached hydrogens (tertiary/aromatic N) is 2. The van der Waals surface area contributed by atoms with E-state index < -0.39 is 5.97 Å². The highest BCUT2D eigenvalue weighted by Crippen LogP contribution is 2.28. The quantitative estimate of drug-likeness (QED) is 0.755. The van der Waals surface area contributed by atoms with Gasteiger partial charge >= 0.3 is 5.97 Å². The normalized spacial score (nSPS) is 24.1. The summed E-state index contributed by atoms with van der Waals surface area (Å²) in [5, 5.41) is 0. The highest BCUT2D eigenvalue weighted by Gasteiger charge is 2.30. The third kappa shape index (κ3) is 2.43. The van der Waals surface area contributed by atoms with Crippen LogP contribution in [0.3, 0.4) is 0 Å². The maximum atomic E-state index is 11.5. The standard InChI is InChI=1S/C12H18N2O3/c1-4-16-11(15)10-7-17-12(13-10)14-6-8(2)5-9(14)3/h7-9H,4-6H2,1-3H3. The van der Waals surface area contributed by atoms with E-state index in [0.29, 0.717) is 24.6 Å². The summed E-state index contributed by atoms with van der Waals surface area (Å²) >= 11 is 0. The van der Waals surface area contributed by atoms with Crippen LogP contribution in [0, 0.1) is 5.92 Å². The fourth-order valence-corrected chi connectivity index (χ4v) is 2.26. The molecule has 1 aromatic rings. The monoisotopic (exact) mass is 238 g/mol. The number of ether oxygens (including phenoxy) is 1. The van der Waals surface area contributed by atoms with Gasteiger partial charge in [0.25, 0.3) is 6.01 Å². The van der Waals surface area contributed by atoms with E-state index in [-0.39, 0.29) is 5.69 Å². The Hall–Kier alpha value is -1.52. The molecule has 1 aliphatic rings. The van der Waals surface area contributed by atoms with Gasteiger partial charge in [0.15, 0.2) is 5.69 Å². The number of aromatic nitrogens is 1. The second-order valence-corrected chi connectivity index (χ2v) is 4.58. The van der Waals surface area contributed by atoms with Crippen LogP contribution in [-0.4, -0.2) is 30.1 Å². The maximum absolute atomic E-state index is 11.5. The van der Waals surface area contributed by atoms with Crippen LogP contribution in [-0.2, 0) is 4.74 Å². The topological polar surface area (TPSA) is 55.6 Å². The predicted octanol–water partition coefficient (Wildman–Crippen LogP) is 2.09. The highest BCUT2D eigenvalue weighted by atomic mass is 16.5. The largest absolute Gasteiger partial charge is 0.461 e. The molecular formula is C12H18N2O3. The number of hydrogen-bond acceptors (Lipinski definition) is 5. The molecule has 5 nitrogen and oxygen atoms in total. The molecule has 0 aromatic carbocycles. The van der Waals surface area contributed by atoms with E-state index in [4.69, 9.17) is 9.15 Å². The van der Waals surface area contributed by atoms with Crippen molar-refractivity contribution in [1.29, 1.82) is 0 Å². The number of hydrogen-bond donors (Lipinski definition) is 0. The molecule has 94 valence electrons. The van der Waals surface area contributed by atoms with Crippen molar-refractivity contribution in [3.63, 3.8) is 0 Å². The summed E-state index contributed by atoms with van der Waals surface area (Å²) in [5.41, 5.74) is 0.244. The molecule has 1 saturated heterocycles. The summed E-state index contributed by atoms with van der Waals surface area (Å²) in [6, 6.07) is 0.920. The van der Waals surface area contributed by atoms with Crippen molar-refractivity contribution in [2.24, 2.45) is 5.92 Å². The zero-order chi connectivity index (χ0) is 12.4. The molecule has 1 fully saturated rings. The van der Waals surface area contributed by atoms with Gasteiger partial charge in [-0.1, -0.05) is 6.92 Å². The summed E-state index contributed by atoms with van der Waals surface area (Å²) < 4.78 is 10.2. The van der Waals surface area contributed by atoms with Crippen LogP contribution in [0.4, 0.5) is 6.01 Å². The first-order chi connectivity index (χ1) is 8.11. The molecule has 0 aliphatic carbocycles. The van der Waals surface area contributed by atoms with Gasteiger partial charge in [0.05, 0.1) is 6.61 Å². The van der Waals surface area contributed by atoms with Crippen molar-refractivity contribution in [3.8, 4) is 0 Å². The molecule has 2 heterocycles. The molecule has 2 atom stereocenters. The third-order valence-electron chi connectivity index (χ3n) is 3.01. The fraction of sp³-hybridized carbons (Fsp3) is 0.667. The van der Waals surface area contributed by atoms with E-state index >= 15 is 0 Å². The summed E-state index contributed by atoms with van der Waals surface area (Å²) in [6.07, 6.45) is 2.49. The number of rotatable bonds is 3. The molecule has 0 spiro atoms. The van der Waals surface area contributed by atoms with E-state index in [0.717, 1.165) is 13.0 Å². The Morgan fingerprint density at radius 2 is 2.41 bits per heavy atom. The number of esters is 1. The lowest BCUT2D eigenvalue weighted by molar-refractivity contribution is 0.0519. The minimum Gasteiger partial charge on any atom is -0.461 e. The average Bonchev–Trinajstić information content (AvgIpc) is 2.85. The van der Waals surface area contributed by atoms with E-state index in [1.54, 1.807) is 6.92 Å². The average molecular weight is 238 g/mol. The number of carbonyl (C=O) groups is 1. The SMILES string of the molecule is CCOC(=O)c1coc(N2CC(C)CC2C)n1. The summed E-state index contributed by atoms with van der Waals surface area (Å²) in [7, 11) is 0. The lowest BCUT2D eigenvalue weighted by Gasteiger charge is -2.18. The molecule has 0 bridgehead atoms. The van der Waals surface area contributed by atoms with Gasteiger partial charge < -0.3 is 14.1 Å². The molecule has 0 saturated carbocycles. The van der Waals surface area contributed by atoms with Gasteiger partial charge in [-0.05, 0) is 26.2 Å². The highest BCUT2D eigenvalue weighted by molar-refractivity contribution is 5.87. The smallest absolute Gasteiger partial charge is 0.360 e. The Labute approximate surface area is 101 Å². The predicted molar refractivity (Wildman–Crippen MR) is 63.0 cm³/mol. The Kier molecular flexibility index (Phi) is 3.36. The Morgan fingerprint density at radius 1 is 1.65 bits per heavy atom. The van der Waals surface area contributed by atoms with Crippen LogP contribution < -0.4 is 4.90 Å². The van der Waals surface area contributed by atoms with Crippen molar-refractivity contribution in [2.75, 3.05) is 18.1 Å². The minimum atomic E-state index is -0.428. The van der Waals surface area contributed by atoms with E-state index in [9.17, 15) is 4.79 Å². The first-order valence-corrected chi connectivity index (χ1v) is 6.01. The van der Waals surface area contributed by atoms with Crippen molar-refractivity contribution in [1.82, 2.24) is 4.98 Å². The minimum absolute atomic E-state index is 0.244. The van der Waals surface area contributed by atoms with Crippen molar-refractivity contribution in [3.05, 3.63) is 12.0 Å². The van der Waals surface area contributed by atoms with Gasteiger partial charge in [-0.2, -0.15) is 4.98 Å². The van der Waals surface area contributed by atoms with Crippen LogP contribution in [0.15, 0.2) is 10.7 Å². The summed E-state index contributed by atoms with van der Waals surface area (Å²) in [6.45, 7) is 7.37. The molecule has 1 aromatic heterocycles. The number of carbonyl (C=O) groups excluding carboxylic acids is 1. The van der Waals surface area contributed by atoms with Gasteiger partial charge in [-0.25, -0.2) is 4.79 Å². The summed E-state index contributed by atoms with van der Waals surface area (Å²) in [5.74, 6) is 0.199. The van der Waals surface area contributed by atoms with Crippen LogP contribution in [0.25, 0.3) is 0 Å². The van der Waals surface area contributed by atoms with Crippen molar-refractivity contribution >= 4 is 12.0 Å². The molecule has 5 heteroatoms. The molecular weight excluding hydrogens is 220 g/mol. The van der Waals surface area contributed by atoms with Gasteiger partial charge in [0, 0.05) is 12.6 Å². The third-order valence-corrected chi connectivity index (χ3v) is 3.01. The lowest BCUT2D eigenvalue weighted by atomic mass is 10.1. The zero-order valence-corrected chi connectivity index (χ0v) is 10.5. The second kappa shape index (κ2) is 4.77. The Bertz CT molecular complexity index is 402. The zero-order valence-electron chi connectivity index (χ0n) is 10.5. The van der Waals surface area contributed by atoms with E-state index in [1.807, 2.05) is 0 Å². The van der Waals surface area contributed by atoms with Crippen LogP contribution in [0.2, 0.25) is 0 Å². The molecule has 0 radical (unpaired) electrons. The van der Waals surface area contributed by atoms with Crippen LogP contribution in [0.1, 0.15) is 37.7 Å². The first kappa shape index (κ1) is 12.0. The second-order valence-electron chi connectivity index (χ2n) is 4.58. The van der Waals surface area contributed by atoms with Gasteiger partial charge in [-0.3, -0.25) is 0 Å². The molecule has 0 amide bonds. The van der Waals surface area contributed by atoms with Gasteiger partial charge in [0.2, 0.25) is 0 Å². The van der Waals surface area contributed by atoms with Gasteiger partial charge in [0.1, 0.15) is 6.26 Å². The molecule has 2 unspecified atom stereocenters. The van der Waals surface area contributed by atoms with E-state index in [2.05, 4.69) is 23.7 Å². The molecule has 17 heavy (non-hydrogen) atoms. The van der Waals surface area contributed by atoms with Crippen molar-refractivity contribution in [2.45, 2.75) is 33.2 Å². The lowest BCUT2D eigenvalue weighted by Crippen LogP contribution is -2.27. The summed E-state index contributed by atoms with van der Waals surface area (Å²) in [4.78, 5) is 17.7. The number of oxazole rings is 1. The van der Waals surface area contributed by atoms with Crippen LogP contribution in [0.5, 0.6) is 0 Å². The number of anilines is 1. The Balaban J connectivity index is 2.10. The maximum Gasteiger partial charge on any atom is 0.360 e. The van der Waals surface area contributed by atoms with Gasteiger partial charge in [-0.15, -0.1) is 0 Å². The molecule has 1 aliphatic heterocycles. The molecule has 0 N–H and O–H groups in total. The molecule has 2 rings (SSSR count). The Morgan fingerprint density at radius 3 is 3.00 bits per heavy atom. The first-order valence-electron chi connectivity index (χ1n) is 6.01. The van der Waals surface area contributed by atoms with Crippen LogP contribution >= 0.6 is 0 Å². The fourth-order valence-electron chi connectivity index (χ4n) is 2.26. The van der Waals surface area contributed by atoms with Crippen molar-refractivity contribution < 1.29 is 13.9 Å². The van der Waals surface area contributed by atoms with E-state index in [1.165, 1.54) is 6.26 Å².